The molecule has 1 rings (SSSR count). The summed E-state index contributed by atoms with van der Waals surface area (Å²) in [5.41, 5.74) is 6.23. The van der Waals surface area contributed by atoms with Crippen molar-refractivity contribution < 1.29 is 13.9 Å². The van der Waals surface area contributed by atoms with Gasteiger partial charge in [-0.1, -0.05) is 12.2 Å². The normalized spacial score (nSPS) is 10.1. The lowest BCUT2D eigenvalue weighted by molar-refractivity contribution is -0.141. The summed E-state index contributed by atoms with van der Waals surface area (Å²) in [7, 11) is 0. The number of nitrogens with zero attached hydrogens (tertiary/aromatic N) is 1. The lowest BCUT2D eigenvalue weighted by Gasteiger charge is -2.22. The van der Waals surface area contributed by atoms with Crippen LogP contribution in [0.2, 0.25) is 0 Å². The summed E-state index contributed by atoms with van der Waals surface area (Å²) in [6, 6.07) is 4.46. The van der Waals surface area contributed by atoms with Crippen molar-refractivity contribution in [2.75, 3.05) is 24.6 Å². The Labute approximate surface area is 117 Å². The van der Waals surface area contributed by atoms with E-state index in [1.54, 1.807) is 24.0 Å². The van der Waals surface area contributed by atoms with Crippen molar-refractivity contribution in [1.29, 1.82) is 0 Å². The van der Waals surface area contributed by atoms with Crippen LogP contribution in [-0.2, 0) is 9.53 Å². The molecule has 0 aromatic heterocycles. The van der Waals surface area contributed by atoms with E-state index in [-0.39, 0.29) is 17.5 Å². The Bertz CT molecular complexity index is 480. The lowest BCUT2D eigenvalue weighted by atomic mass is 10.2. The van der Waals surface area contributed by atoms with Crippen molar-refractivity contribution in [2.45, 2.75) is 13.8 Å². The molecule has 0 radical (unpaired) electrons. The molecule has 0 saturated carbocycles. The molecule has 0 heterocycles. The van der Waals surface area contributed by atoms with Gasteiger partial charge in [0, 0.05) is 12.1 Å². The van der Waals surface area contributed by atoms with Crippen molar-refractivity contribution in [3.63, 3.8) is 0 Å². The van der Waals surface area contributed by atoms with E-state index < -0.39 is 5.82 Å². The minimum Gasteiger partial charge on any atom is -0.465 e. The van der Waals surface area contributed by atoms with Crippen LogP contribution >= 0.6 is 12.2 Å². The van der Waals surface area contributed by atoms with E-state index in [4.69, 9.17) is 22.7 Å². The average Bonchev–Trinajstić information content (AvgIpc) is 2.36. The number of anilines is 1. The maximum atomic E-state index is 14.0. The third-order valence-electron chi connectivity index (χ3n) is 2.58. The predicted molar refractivity (Wildman–Crippen MR) is 76.8 cm³/mol. The molecule has 0 aliphatic heterocycles. The Kier molecular flexibility index (Phi) is 5.69. The molecule has 0 amide bonds. The van der Waals surface area contributed by atoms with Gasteiger partial charge < -0.3 is 15.4 Å². The average molecular weight is 284 g/mol. The Morgan fingerprint density at radius 2 is 2.16 bits per heavy atom. The van der Waals surface area contributed by atoms with Crippen LogP contribution in [0.5, 0.6) is 0 Å². The number of carbonyl (C=O) groups is 1. The number of nitrogens with two attached hydrogens (primary N) is 1. The third-order valence-corrected chi connectivity index (χ3v) is 2.82. The van der Waals surface area contributed by atoms with E-state index in [2.05, 4.69) is 0 Å². The van der Waals surface area contributed by atoms with Crippen molar-refractivity contribution in [2.24, 2.45) is 5.73 Å². The molecule has 0 aliphatic rings. The standard InChI is InChI=1S/C13H17FN2O2S/c1-3-16(8-12(17)18-4-2)11-6-5-9(13(15)19)7-10(11)14/h5-7H,3-4,8H2,1-2H3,(H2,15,19). The molecular weight excluding hydrogens is 267 g/mol. The monoisotopic (exact) mass is 284 g/mol. The fraction of sp³-hybridized carbons (Fsp3) is 0.385. The van der Waals surface area contributed by atoms with Gasteiger partial charge in [0.1, 0.15) is 17.4 Å². The highest BCUT2D eigenvalue weighted by atomic mass is 32.1. The van der Waals surface area contributed by atoms with Crippen LogP contribution in [0.15, 0.2) is 18.2 Å². The highest BCUT2D eigenvalue weighted by molar-refractivity contribution is 7.80. The number of carbonyl (C=O) groups excluding carboxylic acids is 1. The zero-order chi connectivity index (χ0) is 14.4. The minimum absolute atomic E-state index is 0.00762. The van der Waals surface area contributed by atoms with Gasteiger partial charge >= 0.3 is 5.97 Å². The Hall–Kier alpha value is -1.69. The highest BCUT2D eigenvalue weighted by Crippen LogP contribution is 2.20. The summed E-state index contributed by atoms with van der Waals surface area (Å²) in [5, 5.41) is 0. The van der Waals surface area contributed by atoms with Gasteiger partial charge in [-0.05, 0) is 32.0 Å². The zero-order valence-electron chi connectivity index (χ0n) is 11.0. The van der Waals surface area contributed by atoms with Gasteiger partial charge in [0.2, 0.25) is 0 Å². The number of esters is 1. The van der Waals surface area contributed by atoms with Gasteiger partial charge in [-0.2, -0.15) is 0 Å². The largest absolute Gasteiger partial charge is 0.465 e. The summed E-state index contributed by atoms with van der Waals surface area (Å²) in [5.74, 6) is -0.848. The van der Waals surface area contributed by atoms with Crippen LogP contribution in [0, 0.1) is 5.82 Å². The Morgan fingerprint density at radius 3 is 2.63 bits per heavy atom. The smallest absolute Gasteiger partial charge is 0.325 e. The first-order valence-electron chi connectivity index (χ1n) is 5.99. The first kappa shape index (κ1) is 15.4. The van der Waals surface area contributed by atoms with E-state index in [1.165, 1.54) is 6.07 Å². The highest BCUT2D eigenvalue weighted by Gasteiger charge is 2.15. The summed E-state index contributed by atoms with van der Waals surface area (Å²) >= 11 is 4.79. The predicted octanol–water partition coefficient (Wildman–Crippen LogP) is 1.85. The van der Waals surface area contributed by atoms with Gasteiger partial charge in [0.15, 0.2) is 0 Å². The van der Waals surface area contributed by atoms with Gasteiger partial charge in [-0.15, -0.1) is 0 Å². The topological polar surface area (TPSA) is 55.6 Å². The first-order valence-corrected chi connectivity index (χ1v) is 6.40. The van der Waals surface area contributed by atoms with Crippen LogP contribution < -0.4 is 10.6 Å². The van der Waals surface area contributed by atoms with Crippen molar-refractivity contribution in [3.05, 3.63) is 29.6 Å². The van der Waals surface area contributed by atoms with E-state index >= 15 is 0 Å². The molecule has 0 bridgehead atoms. The van der Waals surface area contributed by atoms with Crippen molar-refractivity contribution in [3.8, 4) is 0 Å². The molecule has 0 unspecified atom stereocenters. The van der Waals surface area contributed by atoms with Crippen molar-refractivity contribution in [1.82, 2.24) is 0 Å². The second-order valence-electron chi connectivity index (χ2n) is 3.85. The van der Waals surface area contributed by atoms with E-state index in [9.17, 15) is 9.18 Å². The molecule has 0 aliphatic carbocycles. The molecule has 104 valence electrons. The molecule has 0 fully saturated rings. The van der Waals surface area contributed by atoms with Crippen LogP contribution in [0.1, 0.15) is 19.4 Å². The van der Waals surface area contributed by atoms with Crippen LogP contribution in [0.3, 0.4) is 0 Å². The van der Waals surface area contributed by atoms with Gasteiger partial charge in [-0.3, -0.25) is 4.79 Å². The second-order valence-corrected chi connectivity index (χ2v) is 4.29. The molecule has 0 atom stereocenters. The molecule has 1 aromatic carbocycles. The minimum atomic E-state index is -0.462. The zero-order valence-corrected chi connectivity index (χ0v) is 11.8. The lowest BCUT2D eigenvalue weighted by Crippen LogP contribution is -2.31. The first-order chi connectivity index (χ1) is 8.99. The fourth-order valence-corrected chi connectivity index (χ4v) is 1.77. The number of hydrogen-bond acceptors (Lipinski definition) is 4. The molecule has 4 nitrogen and oxygen atoms in total. The Morgan fingerprint density at radius 1 is 1.47 bits per heavy atom. The van der Waals surface area contributed by atoms with Gasteiger partial charge in [-0.25, -0.2) is 4.39 Å². The summed E-state index contributed by atoms with van der Waals surface area (Å²) in [4.78, 5) is 13.2. The summed E-state index contributed by atoms with van der Waals surface area (Å²) < 4.78 is 18.8. The van der Waals surface area contributed by atoms with Crippen molar-refractivity contribution >= 4 is 28.9 Å². The number of hydrogen-bond donors (Lipinski definition) is 1. The number of likely N-dealkylation sites (N-methyl/N-ethyl adjacent to an activating group) is 1. The maximum absolute atomic E-state index is 14.0. The molecule has 2 N–H and O–H groups in total. The van der Waals surface area contributed by atoms with Crippen LogP contribution in [0.25, 0.3) is 0 Å². The molecule has 6 heteroatoms. The molecule has 1 aromatic rings. The molecule has 0 spiro atoms. The van der Waals surface area contributed by atoms with Crippen LogP contribution in [0.4, 0.5) is 10.1 Å². The van der Waals surface area contributed by atoms with Gasteiger partial charge in [0.25, 0.3) is 0 Å². The number of halogens is 1. The number of thiocarbonyl (C=S) groups is 1. The van der Waals surface area contributed by atoms with Crippen LogP contribution in [-0.4, -0.2) is 30.7 Å². The Balaban J connectivity index is 2.92. The molecule has 0 saturated heterocycles. The summed E-state index contributed by atoms with van der Waals surface area (Å²) in [6.45, 7) is 4.36. The second kappa shape index (κ2) is 7.04. The number of benzene rings is 1. The number of rotatable bonds is 6. The van der Waals surface area contributed by atoms with Gasteiger partial charge in [0.05, 0.1) is 12.3 Å². The SMILES string of the molecule is CCOC(=O)CN(CC)c1ccc(C(N)=S)cc1F. The summed E-state index contributed by atoms with van der Waals surface area (Å²) in [6.07, 6.45) is 0. The van der Waals surface area contributed by atoms with E-state index in [0.717, 1.165) is 0 Å². The van der Waals surface area contributed by atoms with E-state index in [1.807, 2.05) is 6.92 Å². The number of ether oxygens (including phenoxy) is 1. The van der Waals surface area contributed by atoms with E-state index in [0.29, 0.717) is 24.4 Å². The molecular formula is C13H17FN2O2S. The molecule has 19 heavy (non-hydrogen) atoms. The quantitative estimate of drug-likeness (QED) is 0.638. The third kappa shape index (κ3) is 4.17. The fourth-order valence-electron chi connectivity index (χ4n) is 1.65. The maximum Gasteiger partial charge on any atom is 0.325 e.